The van der Waals surface area contributed by atoms with Crippen molar-refractivity contribution in [1.29, 1.82) is 0 Å². The summed E-state index contributed by atoms with van der Waals surface area (Å²) in [6.07, 6.45) is 0.340. The predicted molar refractivity (Wildman–Crippen MR) is 74.5 cm³/mol. The molecule has 2 aliphatic rings. The van der Waals surface area contributed by atoms with Crippen LogP contribution in [-0.2, 0) is 38.1 Å². The Morgan fingerprint density at radius 2 is 1.29 bits per heavy atom. The average Bonchev–Trinajstić information content (AvgIpc) is 3.12. The van der Waals surface area contributed by atoms with Gasteiger partial charge in [-0.1, -0.05) is 0 Å². The van der Waals surface area contributed by atoms with Crippen molar-refractivity contribution in [2.75, 3.05) is 26.3 Å². The summed E-state index contributed by atoms with van der Waals surface area (Å²) in [5.74, 6) is -1.06. The largest absolute Gasteiger partial charge is 0.457 e. The van der Waals surface area contributed by atoms with Gasteiger partial charge in [-0.2, -0.15) is 0 Å². The van der Waals surface area contributed by atoms with Crippen molar-refractivity contribution in [2.24, 2.45) is 9.98 Å². The molecule has 0 spiro atoms. The van der Waals surface area contributed by atoms with Crippen LogP contribution in [-0.4, -0.2) is 74.8 Å². The highest BCUT2D eigenvalue weighted by atomic mass is 16.7. The first-order chi connectivity index (χ1) is 11.7. The third kappa shape index (κ3) is 4.81. The van der Waals surface area contributed by atoms with Gasteiger partial charge in [0.05, 0.1) is 39.1 Å². The molecule has 4 atom stereocenters. The minimum Gasteiger partial charge on any atom is -0.457 e. The zero-order valence-electron chi connectivity index (χ0n) is 12.7. The molecule has 2 fully saturated rings. The molecule has 0 radical (unpaired) electrons. The van der Waals surface area contributed by atoms with Crippen LogP contribution in [0.15, 0.2) is 9.98 Å². The van der Waals surface area contributed by atoms with Crippen LogP contribution in [0.1, 0.15) is 12.8 Å². The number of aliphatic imine (C=N–C) groups is 2. The van der Waals surface area contributed by atoms with E-state index in [0.29, 0.717) is 0 Å². The van der Waals surface area contributed by atoms with E-state index in [2.05, 4.69) is 9.98 Å². The summed E-state index contributed by atoms with van der Waals surface area (Å²) in [6.45, 7) is 0.270. The van der Waals surface area contributed by atoms with Gasteiger partial charge in [0, 0.05) is 0 Å². The molecular weight excluding hydrogens is 324 g/mol. The second-order valence-electron chi connectivity index (χ2n) is 5.10. The molecular formula is C14H16N2O8. The quantitative estimate of drug-likeness (QED) is 0.314. The van der Waals surface area contributed by atoms with E-state index in [4.69, 9.17) is 18.9 Å². The van der Waals surface area contributed by atoms with E-state index < -0.39 is 36.4 Å². The normalized spacial score (nSPS) is 27.5. The zero-order valence-corrected chi connectivity index (χ0v) is 12.7. The topological polar surface area (TPSA) is 130 Å². The molecule has 10 nitrogen and oxygen atoms in total. The number of hydrogen-bond acceptors (Lipinski definition) is 10. The van der Waals surface area contributed by atoms with Gasteiger partial charge in [-0.25, -0.2) is 19.6 Å². The molecule has 0 aliphatic carbocycles. The number of isocyanates is 2. The molecule has 0 amide bonds. The van der Waals surface area contributed by atoms with E-state index in [0.717, 1.165) is 0 Å². The van der Waals surface area contributed by atoms with Crippen LogP contribution < -0.4 is 0 Å². The number of fused-ring (bicyclic) bond motifs is 1. The molecule has 0 bridgehead atoms. The third-order valence-corrected chi connectivity index (χ3v) is 3.51. The van der Waals surface area contributed by atoms with Gasteiger partial charge in [0.1, 0.15) is 12.2 Å². The molecule has 0 unspecified atom stereocenters. The Morgan fingerprint density at radius 1 is 0.875 bits per heavy atom. The lowest BCUT2D eigenvalue weighted by Gasteiger charge is -2.17. The molecule has 2 aliphatic heterocycles. The highest BCUT2D eigenvalue weighted by Crippen LogP contribution is 2.30. The minimum absolute atomic E-state index is 0.00830. The van der Waals surface area contributed by atoms with Gasteiger partial charge in [0.2, 0.25) is 12.2 Å². The van der Waals surface area contributed by atoms with Crippen LogP contribution >= 0.6 is 0 Å². The Morgan fingerprint density at radius 3 is 1.67 bits per heavy atom. The average molecular weight is 340 g/mol. The minimum atomic E-state index is -0.605. The summed E-state index contributed by atoms with van der Waals surface area (Å²) >= 11 is 0. The van der Waals surface area contributed by atoms with Crippen LogP contribution in [0.4, 0.5) is 0 Å². The fraction of sp³-hybridized carbons (Fsp3) is 0.714. The molecule has 0 aromatic heterocycles. The Hall–Kier alpha value is -2.38. The first-order valence-corrected chi connectivity index (χ1v) is 7.35. The lowest BCUT2D eigenvalue weighted by Crippen LogP contribution is -2.36. The van der Waals surface area contributed by atoms with E-state index in [-0.39, 0.29) is 39.1 Å². The van der Waals surface area contributed by atoms with Crippen molar-refractivity contribution in [1.82, 2.24) is 0 Å². The van der Waals surface area contributed by atoms with Crippen LogP contribution in [0.2, 0.25) is 0 Å². The fourth-order valence-electron chi connectivity index (χ4n) is 2.47. The van der Waals surface area contributed by atoms with Crippen molar-refractivity contribution in [3.05, 3.63) is 0 Å². The Labute approximate surface area is 136 Å². The van der Waals surface area contributed by atoms with Crippen LogP contribution in [0, 0.1) is 0 Å². The summed E-state index contributed by atoms with van der Waals surface area (Å²) in [5, 5.41) is 0. The Balaban J connectivity index is 1.78. The number of nitrogens with zero attached hydrogens (tertiary/aromatic N) is 2. The highest BCUT2D eigenvalue weighted by Gasteiger charge is 2.51. The SMILES string of the molecule is O=C=NCCC(=O)O[C@H]1CO[C@H]2[C@@H]1OC[C@@H]2OC(=O)CCN=C=O. The van der Waals surface area contributed by atoms with Gasteiger partial charge in [-0.3, -0.25) is 9.59 Å². The van der Waals surface area contributed by atoms with E-state index in [1.54, 1.807) is 0 Å². The van der Waals surface area contributed by atoms with E-state index in [1.165, 1.54) is 12.2 Å². The number of carbonyl (C=O) groups is 2. The molecule has 0 aromatic rings. The summed E-state index contributed by atoms with van der Waals surface area (Å²) in [4.78, 5) is 49.7. The molecule has 130 valence electrons. The van der Waals surface area contributed by atoms with Gasteiger partial charge >= 0.3 is 11.9 Å². The lowest BCUT2D eigenvalue weighted by atomic mass is 10.1. The second-order valence-corrected chi connectivity index (χ2v) is 5.10. The van der Waals surface area contributed by atoms with Crippen LogP contribution in [0.3, 0.4) is 0 Å². The Bertz CT molecular complexity index is 517. The maximum absolute atomic E-state index is 11.6. The predicted octanol–water partition coefficient (Wildman–Crippen LogP) is -0.941. The van der Waals surface area contributed by atoms with Crippen molar-refractivity contribution < 1.29 is 38.1 Å². The molecule has 24 heavy (non-hydrogen) atoms. The van der Waals surface area contributed by atoms with Gasteiger partial charge < -0.3 is 18.9 Å². The summed E-state index contributed by atoms with van der Waals surface area (Å²) in [5.41, 5.74) is 0. The smallest absolute Gasteiger partial charge is 0.308 e. The van der Waals surface area contributed by atoms with E-state index >= 15 is 0 Å². The van der Waals surface area contributed by atoms with Crippen LogP contribution in [0.5, 0.6) is 0 Å². The van der Waals surface area contributed by atoms with E-state index in [1.807, 2.05) is 0 Å². The number of rotatable bonds is 8. The monoisotopic (exact) mass is 340 g/mol. The van der Waals surface area contributed by atoms with Crippen LogP contribution in [0.25, 0.3) is 0 Å². The fourth-order valence-corrected chi connectivity index (χ4v) is 2.47. The molecule has 0 saturated carbocycles. The third-order valence-electron chi connectivity index (χ3n) is 3.51. The first kappa shape index (κ1) is 18.0. The maximum atomic E-state index is 11.6. The molecule has 10 heteroatoms. The number of esters is 2. The standard InChI is InChI=1S/C14H16N2O8/c17-7-15-3-1-11(19)23-9-5-21-14-10(6-22-13(9)14)24-12(20)2-4-16-8-18/h9-10,13-14H,1-6H2/t9-,10-,13+,14+/m0/s1. The van der Waals surface area contributed by atoms with Gasteiger partial charge in [0.25, 0.3) is 0 Å². The molecule has 0 aromatic carbocycles. The van der Waals surface area contributed by atoms with Crippen molar-refractivity contribution in [3.63, 3.8) is 0 Å². The lowest BCUT2D eigenvalue weighted by molar-refractivity contribution is -0.155. The highest BCUT2D eigenvalue weighted by molar-refractivity contribution is 5.70. The van der Waals surface area contributed by atoms with Gasteiger partial charge in [0.15, 0.2) is 12.2 Å². The maximum Gasteiger partial charge on any atom is 0.308 e. The molecule has 0 N–H and O–H groups in total. The van der Waals surface area contributed by atoms with Gasteiger partial charge in [-0.15, -0.1) is 0 Å². The zero-order chi connectivity index (χ0) is 17.4. The summed E-state index contributed by atoms with van der Waals surface area (Å²) in [6, 6.07) is 0. The number of ether oxygens (including phenoxy) is 4. The number of carbonyl (C=O) groups excluding carboxylic acids is 4. The molecule has 2 saturated heterocycles. The van der Waals surface area contributed by atoms with E-state index in [9.17, 15) is 19.2 Å². The molecule has 2 rings (SSSR count). The number of hydrogen-bond donors (Lipinski definition) is 0. The second kappa shape index (κ2) is 9.05. The van der Waals surface area contributed by atoms with Gasteiger partial charge in [-0.05, 0) is 0 Å². The van der Waals surface area contributed by atoms with Crippen molar-refractivity contribution in [2.45, 2.75) is 37.3 Å². The van der Waals surface area contributed by atoms with Crippen molar-refractivity contribution in [3.8, 4) is 0 Å². The first-order valence-electron chi connectivity index (χ1n) is 7.35. The van der Waals surface area contributed by atoms with Crippen molar-refractivity contribution >= 4 is 24.1 Å². The summed E-state index contributed by atoms with van der Waals surface area (Å²) < 4.78 is 21.5. The summed E-state index contributed by atoms with van der Waals surface area (Å²) in [7, 11) is 0. The molecule has 2 heterocycles. The Kier molecular flexibility index (Phi) is 6.77.